The second-order valence-electron chi connectivity index (χ2n) is 5.90. The maximum Gasteiger partial charge on any atom is 0.267 e. The molecule has 1 aromatic rings. The van der Waals surface area contributed by atoms with Crippen molar-refractivity contribution < 1.29 is 19.1 Å². The van der Waals surface area contributed by atoms with Gasteiger partial charge < -0.3 is 9.47 Å². The molecule has 0 saturated heterocycles. The summed E-state index contributed by atoms with van der Waals surface area (Å²) in [7, 11) is 1.60. The number of imide groups is 1. The second-order valence-corrected chi connectivity index (χ2v) is 7.17. The molecule has 2 amide bonds. The fraction of sp³-hybridized carbons (Fsp3) is 0.474. The van der Waals surface area contributed by atoms with Crippen LogP contribution < -0.4 is 4.74 Å². The lowest BCUT2D eigenvalue weighted by Gasteiger charge is -2.15. The van der Waals surface area contributed by atoms with E-state index in [1.165, 1.54) is 16.7 Å². The molecule has 0 spiro atoms. The van der Waals surface area contributed by atoms with Crippen LogP contribution in [-0.2, 0) is 14.3 Å². The van der Waals surface area contributed by atoms with Gasteiger partial charge in [-0.25, -0.2) is 0 Å². The van der Waals surface area contributed by atoms with Crippen molar-refractivity contribution in [3.63, 3.8) is 0 Å². The molecular weight excluding hydrogens is 338 g/mol. The molecule has 25 heavy (non-hydrogen) atoms. The smallest absolute Gasteiger partial charge is 0.267 e. The third-order valence-electron chi connectivity index (χ3n) is 3.77. The Kier molecular flexibility index (Phi) is 7.08. The number of carbonyl (C=O) groups is 2. The lowest BCUT2D eigenvalue weighted by Crippen LogP contribution is -2.33. The lowest BCUT2D eigenvalue weighted by atomic mass is 10.1. The van der Waals surface area contributed by atoms with Crippen LogP contribution in [0.3, 0.4) is 0 Å². The summed E-state index contributed by atoms with van der Waals surface area (Å²) in [6.07, 6.45) is 0.777. The van der Waals surface area contributed by atoms with Crippen molar-refractivity contribution in [1.29, 1.82) is 0 Å². The van der Waals surface area contributed by atoms with E-state index in [2.05, 4.69) is 0 Å². The number of benzene rings is 1. The third-order valence-corrected chi connectivity index (χ3v) is 4.73. The summed E-state index contributed by atoms with van der Waals surface area (Å²) in [5, 5.41) is 0. The van der Waals surface area contributed by atoms with Crippen molar-refractivity contribution in [3.8, 4) is 5.75 Å². The Morgan fingerprint density at radius 1 is 1.12 bits per heavy atom. The SMILES string of the molecule is CCSC1=C(c2ccc(OC)cc2)C(=O)N(CCCOC(C)C)C1=O. The predicted octanol–water partition coefficient (Wildman–Crippen LogP) is 3.34. The number of thioether (sulfide) groups is 1. The lowest BCUT2D eigenvalue weighted by molar-refractivity contribution is -0.136. The van der Waals surface area contributed by atoms with Crippen LogP contribution in [0.2, 0.25) is 0 Å². The number of amides is 2. The molecule has 136 valence electrons. The summed E-state index contributed by atoms with van der Waals surface area (Å²) in [4.78, 5) is 27.4. The Hall–Kier alpha value is -1.79. The number of hydrogen-bond donors (Lipinski definition) is 0. The van der Waals surface area contributed by atoms with Crippen molar-refractivity contribution in [3.05, 3.63) is 34.7 Å². The first-order valence-electron chi connectivity index (χ1n) is 8.48. The fourth-order valence-electron chi connectivity index (χ4n) is 2.59. The van der Waals surface area contributed by atoms with Crippen molar-refractivity contribution in [2.75, 3.05) is 26.0 Å². The Morgan fingerprint density at radius 3 is 2.36 bits per heavy atom. The Morgan fingerprint density at radius 2 is 1.80 bits per heavy atom. The van der Waals surface area contributed by atoms with Crippen LogP contribution in [-0.4, -0.2) is 48.8 Å². The Bertz CT molecular complexity index is 652. The van der Waals surface area contributed by atoms with Gasteiger partial charge in [0.05, 0.1) is 23.7 Å². The molecular formula is C19H25NO4S. The van der Waals surface area contributed by atoms with Crippen molar-refractivity contribution in [2.45, 2.75) is 33.3 Å². The average Bonchev–Trinajstić information content (AvgIpc) is 2.83. The highest BCUT2D eigenvalue weighted by Gasteiger charge is 2.38. The first-order valence-corrected chi connectivity index (χ1v) is 9.47. The third kappa shape index (κ3) is 4.64. The molecule has 0 radical (unpaired) electrons. The minimum absolute atomic E-state index is 0.143. The minimum atomic E-state index is -0.226. The van der Waals surface area contributed by atoms with Crippen molar-refractivity contribution >= 4 is 29.1 Å². The molecule has 1 heterocycles. The molecule has 0 aliphatic carbocycles. The predicted molar refractivity (Wildman–Crippen MR) is 100 cm³/mol. The first-order chi connectivity index (χ1) is 12.0. The standard InChI is InChI=1S/C19H25NO4S/c1-5-25-17-16(14-7-9-15(23-4)10-8-14)18(21)20(19(17)22)11-6-12-24-13(2)3/h7-10,13H,5-6,11-12H2,1-4H3. The van der Waals surface area contributed by atoms with E-state index in [0.717, 1.165) is 11.3 Å². The van der Waals surface area contributed by atoms with Gasteiger partial charge in [-0.15, -0.1) is 11.8 Å². The maximum atomic E-state index is 12.8. The van der Waals surface area contributed by atoms with Gasteiger partial charge in [0, 0.05) is 13.2 Å². The van der Waals surface area contributed by atoms with Gasteiger partial charge in [0.2, 0.25) is 0 Å². The highest BCUT2D eigenvalue weighted by atomic mass is 32.2. The molecule has 0 N–H and O–H groups in total. The number of methoxy groups -OCH3 is 1. The molecule has 1 aliphatic heterocycles. The van der Waals surface area contributed by atoms with Crippen molar-refractivity contribution in [1.82, 2.24) is 4.90 Å². The number of ether oxygens (including phenoxy) is 2. The Balaban J connectivity index is 2.19. The van der Waals surface area contributed by atoms with Gasteiger partial charge in [0.1, 0.15) is 5.75 Å². The normalized spacial score (nSPS) is 14.8. The number of carbonyl (C=O) groups excluding carboxylic acids is 2. The molecule has 1 aliphatic rings. The maximum absolute atomic E-state index is 12.8. The van der Waals surface area contributed by atoms with Crippen LogP contribution >= 0.6 is 11.8 Å². The summed E-state index contributed by atoms with van der Waals surface area (Å²) in [5.41, 5.74) is 1.24. The summed E-state index contributed by atoms with van der Waals surface area (Å²) >= 11 is 1.42. The molecule has 0 atom stereocenters. The molecule has 6 heteroatoms. The van der Waals surface area contributed by atoms with E-state index in [0.29, 0.717) is 35.8 Å². The molecule has 0 aromatic heterocycles. The topological polar surface area (TPSA) is 55.8 Å². The monoisotopic (exact) mass is 363 g/mol. The molecule has 0 unspecified atom stereocenters. The zero-order valence-electron chi connectivity index (χ0n) is 15.2. The van der Waals surface area contributed by atoms with Gasteiger partial charge in [-0.3, -0.25) is 14.5 Å². The Labute approximate surface area is 153 Å². The first kappa shape index (κ1) is 19.5. The van der Waals surface area contributed by atoms with Crippen LogP contribution in [0.25, 0.3) is 5.57 Å². The van der Waals surface area contributed by atoms with E-state index >= 15 is 0 Å². The fourth-order valence-corrected chi connectivity index (χ4v) is 3.46. The molecule has 5 nitrogen and oxygen atoms in total. The van der Waals surface area contributed by atoms with Crippen LogP contribution in [0.5, 0.6) is 5.75 Å². The average molecular weight is 363 g/mol. The number of nitrogens with zero attached hydrogens (tertiary/aromatic N) is 1. The van der Waals surface area contributed by atoms with E-state index in [4.69, 9.17) is 9.47 Å². The highest BCUT2D eigenvalue weighted by Crippen LogP contribution is 2.36. The van der Waals surface area contributed by atoms with E-state index in [1.54, 1.807) is 19.2 Å². The highest BCUT2D eigenvalue weighted by molar-refractivity contribution is 8.04. The van der Waals surface area contributed by atoms with Gasteiger partial charge >= 0.3 is 0 Å². The summed E-state index contributed by atoms with van der Waals surface area (Å²) in [6.45, 7) is 6.80. The zero-order chi connectivity index (χ0) is 18.4. The molecule has 0 fully saturated rings. The van der Waals surface area contributed by atoms with Gasteiger partial charge in [0.15, 0.2) is 0 Å². The summed E-state index contributed by atoms with van der Waals surface area (Å²) < 4.78 is 10.7. The summed E-state index contributed by atoms with van der Waals surface area (Å²) in [5.74, 6) is 1.02. The van der Waals surface area contributed by atoms with Gasteiger partial charge in [-0.1, -0.05) is 19.1 Å². The van der Waals surface area contributed by atoms with E-state index < -0.39 is 0 Å². The summed E-state index contributed by atoms with van der Waals surface area (Å²) in [6, 6.07) is 7.24. The van der Waals surface area contributed by atoms with Crippen LogP contribution in [0.1, 0.15) is 32.8 Å². The van der Waals surface area contributed by atoms with Gasteiger partial charge in [-0.05, 0) is 43.7 Å². The van der Waals surface area contributed by atoms with Gasteiger partial charge in [-0.2, -0.15) is 0 Å². The van der Waals surface area contributed by atoms with Crippen molar-refractivity contribution in [2.24, 2.45) is 0 Å². The molecule has 2 rings (SSSR count). The largest absolute Gasteiger partial charge is 0.497 e. The van der Waals surface area contributed by atoms with Gasteiger partial charge in [0.25, 0.3) is 11.8 Å². The zero-order valence-corrected chi connectivity index (χ0v) is 16.0. The molecule has 0 bridgehead atoms. The second kappa shape index (κ2) is 9.06. The van der Waals surface area contributed by atoms with E-state index in [-0.39, 0.29) is 17.9 Å². The molecule has 1 aromatic carbocycles. The quantitative estimate of drug-likeness (QED) is 0.497. The van der Waals surface area contributed by atoms with Crippen LogP contribution in [0, 0.1) is 0 Å². The van der Waals surface area contributed by atoms with Crippen LogP contribution in [0.4, 0.5) is 0 Å². The minimum Gasteiger partial charge on any atom is -0.497 e. The number of hydrogen-bond acceptors (Lipinski definition) is 5. The number of rotatable bonds is 9. The van der Waals surface area contributed by atoms with E-state index in [9.17, 15) is 9.59 Å². The van der Waals surface area contributed by atoms with E-state index in [1.807, 2.05) is 32.9 Å². The van der Waals surface area contributed by atoms with Crippen LogP contribution in [0.15, 0.2) is 29.2 Å². The molecule has 0 saturated carbocycles.